The van der Waals surface area contributed by atoms with Crippen LogP contribution < -0.4 is 11.1 Å². The van der Waals surface area contributed by atoms with Gasteiger partial charge in [-0.05, 0) is 49.8 Å². The van der Waals surface area contributed by atoms with E-state index in [1.54, 1.807) is 11.8 Å². The maximum atomic E-state index is 5.94. The highest BCUT2D eigenvalue weighted by Crippen LogP contribution is 2.36. The van der Waals surface area contributed by atoms with Gasteiger partial charge >= 0.3 is 0 Å². The highest BCUT2D eigenvalue weighted by molar-refractivity contribution is 8.13. The first-order chi connectivity index (χ1) is 10.7. The second kappa shape index (κ2) is 6.95. The maximum absolute atomic E-state index is 5.94. The van der Waals surface area contributed by atoms with Crippen LogP contribution in [0, 0.1) is 5.92 Å². The molecular formula is C18H27N3S. The summed E-state index contributed by atoms with van der Waals surface area (Å²) in [6.07, 6.45) is 8.02. The van der Waals surface area contributed by atoms with Crippen LogP contribution in [0.15, 0.2) is 29.3 Å². The van der Waals surface area contributed by atoms with Crippen LogP contribution in [0.2, 0.25) is 0 Å². The summed E-state index contributed by atoms with van der Waals surface area (Å²) in [6, 6.07) is 8.74. The second-order valence-electron chi connectivity index (χ2n) is 6.79. The van der Waals surface area contributed by atoms with E-state index in [1.165, 1.54) is 43.4 Å². The third kappa shape index (κ3) is 3.78. The van der Waals surface area contributed by atoms with E-state index in [9.17, 15) is 0 Å². The first-order valence-electron chi connectivity index (χ1n) is 8.48. The summed E-state index contributed by atoms with van der Waals surface area (Å²) >= 11 is 1.66. The van der Waals surface area contributed by atoms with Gasteiger partial charge < -0.3 is 11.1 Å². The number of anilines is 1. The molecule has 0 aromatic heterocycles. The zero-order valence-electron chi connectivity index (χ0n) is 13.5. The Morgan fingerprint density at radius 2 is 2.14 bits per heavy atom. The number of amidine groups is 1. The molecule has 3 rings (SSSR count). The zero-order chi connectivity index (χ0) is 15.4. The van der Waals surface area contributed by atoms with E-state index < -0.39 is 0 Å². The minimum absolute atomic E-state index is 0.169. The lowest BCUT2D eigenvalue weighted by Gasteiger charge is -2.30. The molecule has 1 aromatic rings. The van der Waals surface area contributed by atoms with Crippen molar-refractivity contribution >= 4 is 22.6 Å². The van der Waals surface area contributed by atoms with Gasteiger partial charge in [-0.15, -0.1) is 0 Å². The van der Waals surface area contributed by atoms with Crippen molar-refractivity contribution in [1.29, 1.82) is 0 Å². The smallest absolute Gasteiger partial charge is 0.154 e. The van der Waals surface area contributed by atoms with Crippen LogP contribution in [0.5, 0.6) is 0 Å². The fraction of sp³-hybridized carbons (Fsp3) is 0.611. The van der Waals surface area contributed by atoms with E-state index in [1.807, 2.05) is 0 Å². The van der Waals surface area contributed by atoms with Gasteiger partial charge in [0.15, 0.2) is 5.17 Å². The molecule has 1 unspecified atom stereocenters. The monoisotopic (exact) mass is 317 g/mol. The number of benzene rings is 1. The lowest BCUT2D eigenvalue weighted by Crippen LogP contribution is -2.28. The predicted octanol–water partition coefficient (Wildman–Crippen LogP) is 4.35. The van der Waals surface area contributed by atoms with Crippen molar-refractivity contribution in [2.75, 3.05) is 17.6 Å². The molecule has 4 heteroatoms. The molecule has 120 valence electrons. The number of nitrogens with zero attached hydrogens (tertiary/aromatic N) is 1. The Kier molecular flexibility index (Phi) is 4.97. The van der Waals surface area contributed by atoms with Crippen LogP contribution >= 0.6 is 11.8 Å². The molecule has 0 spiro atoms. The van der Waals surface area contributed by atoms with Gasteiger partial charge in [0.2, 0.25) is 0 Å². The average Bonchev–Trinajstić information content (AvgIpc) is 2.54. The van der Waals surface area contributed by atoms with Crippen molar-refractivity contribution in [3.63, 3.8) is 0 Å². The average molecular weight is 318 g/mol. The molecule has 0 saturated heterocycles. The predicted molar refractivity (Wildman–Crippen MR) is 97.6 cm³/mol. The Morgan fingerprint density at radius 1 is 1.32 bits per heavy atom. The van der Waals surface area contributed by atoms with Gasteiger partial charge in [0.25, 0.3) is 0 Å². The summed E-state index contributed by atoms with van der Waals surface area (Å²) in [5.74, 6) is 1.89. The van der Waals surface area contributed by atoms with E-state index in [0.29, 0.717) is 5.17 Å². The Bertz CT molecular complexity index is 537. The van der Waals surface area contributed by atoms with Crippen LogP contribution in [-0.2, 0) is 5.54 Å². The second-order valence-corrected chi connectivity index (χ2v) is 7.90. The molecular weight excluding hydrogens is 290 g/mol. The topological polar surface area (TPSA) is 50.4 Å². The summed E-state index contributed by atoms with van der Waals surface area (Å²) in [5, 5.41) is 4.35. The van der Waals surface area contributed by atoms with Crippen molar-refractivity contribution < 1.29 is 0 Å². The molecule has 0 bridgehead atoms. The third-order valence-electron chi connectivity index (χ3n) is 5.00. The van der Waals surface area contributed by atoms with Gasteiger partial charge in [-0.25, -0.2) is 0 Å². The van der Waals surface area contributed by atoms with Crippen molar-refractivity contribution in [1.82, 2.24) is 0 Å². The number of thioether (sulfide) groups is 1. The van der Waals surface area contributed by atoms with E-state index in [0.717, 1.165) is 24.6 Å². The minimum Gasteiger partial charge on any atom is -0.385 e. The molecule has 2 aliphatic rings. The molecule has 1 atom stereocenters. The quantitative estimate of drug-likeness (QED) is 0.868. The molecule has 1 saturated carbocycles. The fourth-order valence-corrected chi connectivity index (χ4v) is 4.49. The summed E-state index contributed by atoms with van der Waals surface area (Å²) < 4.78 is 0. The molecule has 1 fully saturated rings. The van der Waals surface area contributed by atoms with Gasteiger partial charge in [0.05, 0.1) is 5.54 Å². The van der Waals surface area contributed by atoms with Crippen LogP contribution in [0.4, 0.5) is 5.69 Å². The fourth-order valence-electron chi connectivity index (χ4n) is 3.51. The SMILES string of the molecule is CC1(c2cccc(NCC3CCCCC3)c2)CCSC(N)=N1. The first-order valence-corrected chi connectivity index (χ1v) is 9.47. The van der Waals surface area contributed by atoms with Crippen LogP contribution in [0.25, 0.3) is 0 Å². The molecule has 1 aliphatic carbocycles. The largest absolute Gasteiger partial charge is 0.385 e. The lowest BCUT2D eigenvalue weighted by molar-refractivity contribution is 0.373. The lowest BCUT2D eigenvalue weighted by atomic mass is 9.88. The normalized spacial score (nSPS) is 26.5. The highest BCUT2D eigenvalue weighted by Gasteiger charge is 2.29. The zero-order valence-corrected chi connectivity index (χ0v) is 14.3. The number of nitrogens with two attached hydrogens (primary N) is 1. The Hall–Kier alpha value is -1.16. The van der Waals surface area contributed by atoms with Gasteiger partial charge in [0, 0.05) is 18.0 Å². The van der Waals surface area contributed by atoms with E-state index in [-0.39, 0.29) is 5.54 Å². The maximum Gasteiger partial charge on any atom is 0.154 e. The number of nitrogens with one attached hydrogen (secondary N) is 1. The van der Waals surface area contributed by atoms with Crippen LogP contribution in [-0.4, -0.2) is 17.5 Å². The Morgan fingerprint density at radius 3 is 2.91 bits per heavy atom. The van der Waals surface area contributed by atoms with E-state index in [2.05, 4.69) is 36.5 Å². The summed E-state index contributed by atoms with van der Waals surface area (Å²) in [4.78, 5) is 4.71. The van der Waals surface area contributed by atoms with Crippen LogP contribution in [0.3, 0.4) is 0 Å². The highest BCUT2D eigenvalue weighted by atomic mass is 32.2. The van der Waals surface area contributed by atoms with Gasteiger partial charge in [-0.3, -0.25) is 4.99 Å². The molecule has 22 heavy (non-hydrogen) atoms. The number of aliphatic imine (C=N–C) groups is 1. The van der Waals surface area contributed by atoms with Gasteiger partial charge in [0.1, 0.15) is 0 Å². The van der Waals surface area contributed by atoms with Crippen molar-refractivity contribution in [2.45, 2.75) is 51.0 Å². The summed E-state index contributed by atoms with van der Waals surface area (Å²) in [6.45, 7) is 3.29. The van der Waals surface area contributed by atoms with Crippen molar-refractivity contribution in [2.24, 2.45) is 16.6 Å². The van der Waals surface area contributed by atoms with Crippen molar-refractivity contribution in [3.05, 3.63) is 29.8 Å². The molecule has 3 N–H and O–H groups in total. The van der Waals surface area contributed by atoms with E-state index in [4.69, 9.17) is 10.7 Å². The minimum atomic E-state index is -0.169. The molecule has 1 aromatic carbocycles. The standard InChI is InChI=1S/C18H27N3S/c1-18(10-11-22-17(19)21-18)15-8-5-9-16(12-15)20-13-14-6-3-2-4-7-14/h5,8-9,12,14,20H,2-4,6-7,10-11,13H2,1H3,(H2,19,21). The van der Waals surface area contributed by atoms with Crippen molar-refractivity contribution in [3.8, 4) is 0 Å². The summed E-state index contributed by atoms with van der Waals surface area (Å²) in [7, 11) is 0. The van der Waals surface area contributed by atoms with Crippen LogP contribution in [0.1, 0.15) is 51.0 Å². The van der Waals surface area contributed by atoms with Gasteiger partial charge in [-0.1, -0.05) is 43.2 Å². The number of hydrogen-bond acceptors (Lipinski definition) is 4. The molecule has 1 heterocycles. The third-order valence-corrected chi connectivity index (χ3v) is 5.80. The molecule has 1 aliphatic heterocycles. The first kappa shape index (κ1) is 15.7. The number of rotatable bonds is 4. The molecule has 0 amide bonds. The van der Waals surface area contributed by atoms with E-state index >= 15 is 0 Å². The van der Waals surface area contributed by atoms with Gasteiger partial charge in [-0.2, -0.15) is 0 Å². The Labute approximate surface area is 138 Å². The molecule has 0 radical (unpaired) electrons. The molecule has 3 nitrogen and oxygen atoms in total. The number of hydrogen-bond donors (Lipinski definition) is 2. The summed E-state index contributed by atoms with van der Waals surface area (Å²) in [5.41, 5.74) is 8.26. The Balaban J connectivity index is 1.68.